The molecule has 0 aliphatic rings. The maximum Gasteiger partial charge on any atom is 0.0548 e. The van der Waals surface area contributed by atoms with Crippen LogP contribution in [-0.4, -0.2) is 4.57 Å². The van der Waals surface area contributed by atoms with Crippen molar-refractivity contribution in [3.05, 3.63) is 90.1 Å². The van der Waals surface area contributed by atoms with E-state index in [0.29, 0.717) is 0 Å². The summed E-state index contributed by atoms with van der Waals surface area (Å²) < 4.78 is 5.02. The molecule has 0 atom stereocenters. The molecule has 0 aliphatic heterocycles. The van der Waals surface area contributed by atoms with E-state index < -0.39 is 0 Å². The first-order valence-electron chi connectivity index (χ1n) is 11.5. The van der Waals surface area contributed by atoms with E-state index in [1.54, 1.807) is 0 Å². The summed E-state index contributed by atoms with van der Waals surface area (Å²) in [5.41, 5.74) is 6.04. The summed E-state index contributed by atoms with van der Waals surface area (Å²) in [5, 5.41) is 3.90. The molecule has 5 aromatic rings. The quantitative estimate of drug-likeness (QED) is 0.263. The molecule has 0 spiro atoms. The normalized spacial score (nSPS) is 10.8. The first kappa shape index (κ1) is 23.6. The van der Waals surface area contributed by atoms with E-state index in [9.17, 15) is 0 Å². The Morgan fingerprint density at radius 1 is 0.812 bits per heavy atom. The standard InChI is InChI=1S/C26H21NS.2C2H6/c1-4-8-23-19(5-2)21-16-26-22(20-9-6-7-10-25(20)28-26)15-24(21)27(23)18-13-11-17(3)12-14-18;2*1-2/h4-16H,2H2,1,3H3;2*1-2H3/b8-4-;;. The third-order valence-electron chi connectivity index (χ3n) is 5.36. The molecule has 0 fully saturated rings. The van der Waals surface area contributed by atoms with Crippen LogP contribution in [0.15, 0.2) is 73.3 Å². The molecule has 0 amide bonds. The average molecular weight is 440 g/mol. The zero-order chi connectivity index (χ0) is 23.3. The van der Waals surface area contributed by atoms with Gasteiger partial charge in [0, 0.05) is 36.8 Å². The van der Waals surface area contributed by atoms with Gasteiger partial charge >= 0.3 is 0 Å². The fourth-order valence-corrected chi connectivity index (χ4v) is 5.18. The molecule has 0 bridgehead atoms. The number of aryl methyl sites for hydroxylation is 1. The van der Waals surface area contributed by atoms with E-state index in [0.717, 1.165) is 0 Å². The Hall–Kier alpha value is -3.10. The highest BCUT2D eigenvalue weighted by molar-refractivity contribution is 7.25. The molecule has 0 saturated heterocycles. The number of fused-ring (bicyclic) bond motifs is 4. The van der Waals surface area contributed by atoms with Crippen molar-refractivity contribution in [2.24, 2.45) is 0 Å². The van der Waals surface area contributed by atoms with Gasteiger partial charge in [-0.25, -0.2) is 0 Å². The van der Waals surface area contributed by atoms with Crippen LogP contribution in [0.1, 0.15) is 51.4 Å². The highest BCUT2D eigenvalue weighted by atomic mass is 32.1. The number of aromatic nitrogens is 1. The topological polar surface area (TPSA) is 4.93 Å². The highest BCUT2D eigenvalue weighted by Crippen LogP contribution is 2.40. The smallest absolute Gasteiger partial charge is 0.0548 e. The zero-order valence-corrected chi connectivity index (χ0v) is 20.9. The molecule has 2 aromatic heterocycles. The Kier molecular flexibility index (Phi) is 7.71. The van der Waals surface area contributed by atoms with Gasteiger partial charge in [-0.15, -0.1) is 11.3 Å². The van der Waals surface area contributed by atoms with Gasteiger partial charge in [0.05, 0.1) is 11.2 Å². The van der Waals surface area contributed by atoms with Crippen LogP contribution < -0.4 is 0 Å². The molecule has 2 heteroatoms. The fourth-order valence-electron chi connectivity index (χ4n) is 4.06. The maximum atomic E-state index is 4.12. The molecule has 3 aromatic carbocycles. The Bertz CT molecular complexity index is 1380. The molecule has 0 radical (unpaired) electrons. The molecule has 0 aliphatic carbocycles. The predicted octanol–water partition coefficient (Wildman–Crippen LogP) is 10.0. The lowest BCUT2D eigenvalue weighted by atomic mass is 10.1. The van der Waals surface area contributed by atoms with Crippen molar-refractivity contribution in [1.82, 2.24) is 4.57 Å². The Morgan fingerprint density at radius 3 is 2.16 bits per heavy atom. The van der Waals surface area contributed by atoms with E-state index in [4.69, 9.17) is 0 Å². The number of thiophene rings is 1. The minimum atomic E-state index is 1.18. The van der Waals surface area contributed by atoms with E-state index in [2.05, 4.69) is 97.8 Å². The van der Waals surface area contributed by atoms with Crippen LogP contribution in [0.5, 0.6) is 0 Å². The van der Waals surface area contributed by atoms with Gasteiger partial charge in [-0.05, 0) is 50.3 Å². The van der Waals surface area contributed by atoms with Crippen molar-refractivity contribution >= 4 is 54.6 Å². The Labute approximate surface area is 196 Å². The second-order valence-electron chi connectivity index (χ2n) is 7.14. The monoisotopic (exact) mass is 439 g/mol. The van der Waals surface area contributed by atoms with E-state index in [-0.39, 0.29) is 0 Å². The maximum absolute atomic E-state index is 4.12. The number of hydrogen-bond donors (Lipinski definition) is 0. The number of rotatable bonds is 3. The van der Waals surface area contributed by atoms with E-state index >= 15 is 0 Å². The third-order valence-corrected chi connectivity index (χ3v) is 6.50. The van der Waals surface area contributed by atoms with Gasteiger partial charge in [0.2, 0.25) is 0 Å². The van der Waals surface area contributed by atoms with Gasteiger partial charge in [-0.1, -0.05) is 82.3 Å². The summed E-state index contributed by atoms with van der Waals surface area (Å²) in [5.74, 6) is 0. The van der Waals surface area contributed by atoms with Crippen LogP contribution >= 0.6 is 11.3 Å². The van der Waals surface area contributed by atoms with Gasteiger partial charge < -0.3 is 4.57 Å². The molecule has 1 nitrogen and oxygen atoms in total. The lowest BCUT2D eigenvalue weighted by Gasteiger charge is -2.10. The van der Waals surface area contributed by atoms with Gasteiger partial charge in [0.1, 0.15) is 0 Å². The molecule has 164 valence electrons. The second kappa shape index (κ2) is 10.5. The molecule has 5 rings (SSSR count). The summed E-state index contributed by atoms with van der Waals surface area (Å²) in [4.78, 5) is 0. The van der Waals surface area contributed by atoms with Gasteiger partial charge in [-0.3, -0.25) is 0 Å². The largest absolute Gasteiger partial charge is 0.309 e. The summed E-state index contributed by atoms with van der Waals surface area (Å²) >= 11 is 1.86. The fraction of sp³-hybridized carbons (Fsp3) is 0.200. The van der Waals surface area contributed by atoms with Crippen molar-refractivity contribution in [3.63, 3.8) is 0 Å². The van der Waals surface area contributed by atoms with Gasteiger partial charge in [0.15, 0.2) is 0 Å². The molecule has 32 heavy (non-hydrogen) atoms. The number of allylic oxidation sites excluding steroid dienone is 1. The number of hydrogen-bond acceptors (Lipinski definition) is 1. The minimum absolute atomic E-state index is 1.18. The van der Waals surface area contributed by atoms with Crippen LogP contribution in [0.4, 0.5) is 0 Å². The first-order valence-corrected chi connectivity index (χ1v) is 12.3. The first-order chi connectivity index (χ1) is 15.7. The summed E-state index contributed by atoms with van der Waals surface area (Å²) in [6, 6.07) is 22.1. The van der Waals surface area contributed by atoms with Crippen molar-refractivity contribution < 1.29 is 0 Å². The van der Waals surface area contributed by atoms with E-state index in [1.807, 2.05) is 45.1 Å². The van der Waals surface area contributed by atoms with Gasteiger partial charge in [-0.2, -0.15) is 0 Å². The summed E-state index contributed by atoms with van der Waals surface area (Å²) in [6.07, 6.45) is 6.27. The van der Waals surface area contributed by atoms with E-state index in [1.165, 1.54) is 53.6 Å². The molecular weight excluding hydrogens is 406 g/mol. The number of benzene rings is 3. The summed E-state index contributed by atoms with van der Waals surface area (Å²) in [7, 11) is 0. The predicted molar refractivity (Wildman–Crippen MR) is 148 cm³/mol. The molecular formula is C30H33NS. The van der Waals surface area contributed by atoms with Crippen LogP contribution in [-0.2, 0) is 0 Å². The second-order valence-corrected chi connectivity index (χ2v) is 8.22. The third kappa shape index (κ3) is 4.03. The average Bonchev–Trinajstić information content (AvgIpc) is 3.35. The number of nitrogens with zero attached hydrogens (tertiary/aromatic N) is 1. The lowest BCUT2D eigenvalue weighted by Crippen LogP contribution is -1.97. The lowest BCUT2D eigenvalue weighted by molar-refractivity contribution is 1.10. The molecule has 2 heterocycles. The SMILES string of the molecule is C=Cc1c(/C=C\C)n(-c2ccc(C)cc2)c2cc3c(cc12)sc1ccccc13.CC.CC. The molecule has 0 saturated carbocycles. The summed E-state index contributed by atoms with van der Waals surface area (Å²) in [6.45, 7) is 16.3. The van der Waals surface area contributed by atoms with Crippen LogP contribution in [0.3, 0.4) is 0 Å². The Balaban J connectivity index is 0.000000686. The van der Waals surface area contributed by atoms with Crippen molar-refractivity contribution in [1.29, 1.82) is 0 Å². The van der Waals surface area contributed by atoms with Crippen molar-refractivity contribution in [3.8, 4) is 5.69 Å². The molecule has 0 unspecified atom stereocenters. The molecule has 0 N–H and O–H groups in total. The van der Waals surface area contributed by atoms with Crippen LogP contribution in [0, 0.1) is 6.92 Å². The van der Waals surface area contributed by atoms with Gasteiger partial charge in [0.25, 0.3) is 0 Å². The van der Waals surface area contributed by atoms with Crippen LogP contribution in [0.25, 0.3) is 48.9 Å². The zero-order valence-electron chi connectivity index (χ0n) is 20.1. The van der Waals surface area contributed by atoms with Crippen molar-refractivity contribution in [2.75, 3.05) is 0 Å². The van der Waals surface area contributed by atoms with Crippen molar-refractivity contribution in [2.45, 2.75) is 41.5 Å². The highest BCUT2D eigenvalue weighted by Gasteiger charge is 2.17. The van der Waals surface area contributed by atoms with Crippen LogP contribution in [0.2, 0.25) is 0 Å². The minimum Gasteiger partial charge on any atom is -0.309 e. The Morgan fingerprint density at radius 2 is 1.50 bits per heavy atom.